The molecule has 33 heavy (non-hydrogen) atoms. The number of imidazole rings is 1. The highest BCUT2D eigenvalue weighted by atomic mass is 19.1. The topological polar surface area (TPSA) is 72.1 Å². The van der Waals surface area contributed by atoms with Crippen LogP contribution in [0.5, 0.6) is 0 Å². The molecule has 170 valence electrons. The van der Waals surface area contributed by atoms with E-state index in [1.54, 1.807) is 18.6 Å². The number of nitrogens with one attached hydrogen (secondary N) is 1. The van der Waals surface area contributed by atoms with Crippen molar-refractivity contribution in [3.05, 3.63) is 83.8 Å². The lowest BCUT2D eigenvalue weighted by atomic mass is 9.92. The third kappa shape index (κ3) is 4.28. The van der Waals surface area contributed by atoms with E-state index in [9.17, 15) is 14.3 Å². The first-order valence-electron chi connectivity index (χ1n) is 11.4. The number of hydrogen-bond acceptors (Lipinski definition) is 3. The van der Waals surface area contributed by atoms with Gasteiger partial charge in [-0.15, -0.1) is 0 Å². The fourth-order valence-corrected chi connectivity index (χ4v) is 4.67. The summed E-state index contributed by atoms with van der Waals surface area (Å²) in [6.45, 7) is 2.45. The zero-order chi connectivity index (χ0) is 22.9. The number of aliphatic hydroxyl groups is 1. The quantitative estimate of drug-likeness (QED) is 0.479. The molecule has 7 heteroatoms. The fraction of sp³-hybridized carbons (Fsp3) is 0.308. The van der Waals surface area contributed by atoms with Crippen molar-refractivity contribution >= 4 is 16.8 Å². The Balaban J connectivity index is 1.43. The Bertz CT molecular complexity index is 1290. The minimum atomic E-state index is -0.557. The maximum absolute atomic E-state index is 14.8. The highest BCUT2D eigenvalue weighted by Gasteiger charge is 2.27. The number of aliphatic hydroxyl groups excluding tert-OH is 1. The van der Waals surface area contributed by atoms with Gasteiger partial charge in [0.05, 0.1) is 35.2 Å². The van der Waals surface area contributed by atoms with Crippen molar-refractivity contribution in [3.63, 3.8) is 0 Å². The molecule has 2 aromatic heterocycles. The van der Waals surface area contributed by atoms with E-state index in [0.717, 1.165) is 36.2 Å². The third-order valence-electron chi connectivity index (χ3n) is 6.45. The van der Waals surface area contributed by atoms with E-state index in [0.29, 0.717) is 29.4 Å². The molecule has 1 saturated carbocycles. The maximum Gasteiger partial charge on any atom is 0.253 e. The molecule has 1 fully saturated rings. The maximum atomic E-state index is 14.8. The molecule has 5 rings (SSSR count). The molecule has 0 aliphatic heterocycles. The predicted octanol–water partition coefficient (Wildman–Crippen LogP) is 4.36. The zero-order valence-electron chi connectivity index (χ0n) is 18.5. The van der Waals surface area contributed by atoms with E-state index in [4.69, 9.17) is 0 Å². The Hall–Kier alpha value is -3.45. The SMILES string of the molecule is Cc1cn(-c2ccc(Cn3cc(C(=O)N[C@H]4CCCC[C@@H]4O)c4c(F)cccc43)cc2)cn1. The van der Waals surface area contributed by atoms with Crippen LogP contribution in [0.15, 0.2) is 61.2 Å². The van der Waals surface area contributed by atoms with Crippen LogP contribution in [0.2, 0.25) is 0 Å². The monoisotopic (exact) mass is 446 g/mol. The number of carbonyl (C=O) groups is 1. The van der Waals surface area contributed by atoms with Gasteiger partial charge in [-0.2, -0.15) is 0 Å². The molecule has 2 atom stereocenters. The van der Waals surface area contributed by atoms with Gasteiger partial charge in [-0.25, -0.2) is 9.37 Å². The molecule has 0 unspecified atom stereocenters. The molecule has 6 nitrogen and oxygen atoms in total. The highest BCUT2D eigenvalue weighted by molar-refractivity contribution is 6.07. The van der Waals surface area contributed by atoms with Crippen LogP contribution in [0.3, 0.4) is 0 Å². The number of carbonyl (C=O) groups excluding carboxylic acids is 1. The zero-order valence-corrected chi connectivity index (χ0v) is 18.5. The van der Waals surface area contributed by atoms with Crippen LogP contribution in [0.4, 0.5) is 4.39 Å². The Morgan fingerprint density at radius 2 is 1.94 bits per heavy atom. The first-order valence-corrected chi connectivity index (χ1v) is 11.4. The van der Waals surface area contributed by atoms with E-state index < -0.39 is 11.9 Å². The van der Waals surface area contributed by atoms with Crippen molar-refractivity contribution in [2.45, 2.75) is 51.3 Å². The lowest BCUT2D eigenvalue weighted by Crippen LogP contribution is -2.45. The van der Waals surface area contributed by atoms with Gasteiger partial charge in [-0.3, -0.25) is 4.79 Å². The minimum absolute atomic E-state index is 0.296. The Morgan fingerprint density at radius 3 is 2.67 bits per heavy atom. The van der Waals surface area contributed by atoms with Crippen molar-refractivity contribution < 1.29 is 14.3 Å². The van der Waals surface area contributed by atoms with Gasteiger partial charge in [-0.05, 0) is 49.6 Å². The minimum Gasteiger partial charge on any atom is -0.391 e. The van der Waals surface area contributed by atoms with Crippen LogP contribution in [0.25, 0.3) is 16.6 Å². The van der Waals surface area contributed by atoms with E-state index in [1.165, 1.54) is 6.07 Å². The average molecular weight is 447 g/mol. The fourth-order valence-electron chi connectivity index (χ4n) is 4.67. The molecule has 4 aromatic rings. The smallest absolute Gasteiger partial charge is 0.253 e. The van der Waals surface area contributed by atoms with Gasteiger partial charge in [0, 0.05) is 30.0 Å². The number of nitrogens with zero attached hydrogens (tertiary/aromatic N) is 3. The predicted molar refractivity (Wildman–Crippen MR) is 125 cm³/mol. The van der Waals surface area contributed by atoms with Crippen molar-refractivity contribution in [2.24, 2.45) is 0 Å². The Kier molecular flexibility index (Phi) is 5.72. The molecule has 1 aliphatic carbocycles. The number of halogens is 1. The first-order chi connectivity index (χ1) is 16.0. The summed E-state index contributed by atoms with van der Waals surface area (Å²) in [4.78, 5) is 17.3. The van der Waals surface area contributed by atoms with Gasteiger partial charge in [0.15, 0.2) is 0 Å². The molecule has 2 heterocycles. The number of fused-ring (bicyclic) bond motifs is 1. The Morgan fingerprint density at radius 1 is 1.15 bits per heavy atom. The van der Waals surface area contributed by atoms with Crippen LogP contribution in [-0.4, -0.2) is 37.3 Å². The van der Waals surface area contributed by atoms with E-state index in [1.807, 2.05) is 52.6 Å². The van der Waals surface area contributed by atoms with Crippen LogP contribution < -0.4 is 5.32 Å². The largest absolute Gasteiger partial charge is 0.391 e. The first kappa shape index (κ1) is 21.4. The van der Waals surface area contributed by atoms with Gasteiger partial charge < -0.3 is 19.6 Å². The molecule has 0 bridgehead atoms. The van der Waals surface area contributed by atoms with Crippen LogP contribution >= 0.6 is 0 Å². The van der Waals surface area contributed by atoms with Gasteiger partial charge in [0.2, 0.25) is 0 Å². The summed E-state index contributed by atoms with van der Waals surface area (Å²) in [5.74, 6) is -0.771. The summed E-state index contributed by atoms with van der Waals surface area (Å²) in [7, 11) is 0. The van der Waals surface area contributed by atoms with Gasteiger partial charge in [0.1, 0.15) is 5.82 Å². The van der Waals surface area contributed by atoms with Crippen molar-refractivity contribution in [3.8, 4) is 5.69 Å². The summed E-state index contributed by atoms with van der Waals surface area (Å²) in [5.41, 5.74) is 3.96. The number of amides is 1. The van der Waals surface area contributed by atoms with Crippen LogP contribution in [-0.2, 0) is 6.54 Å². The van der Waals surface area contributed by atoms with Crippen molar-refractivity contribution in [1.29, 1.82) is 0 Å². The van der Waals surface area contributed by atoms with Crippen LogP contribution in [0, 0.1) is 12.7 Å². The molecule has 0 radical (unpaired) electrons. The highest BCUT2D eigenvalue weighted by Crippen LogP contribution is 2.27. The second-order valence-electron chi connectivity index (χ2n) is 8.83. The van der Waals surface area contributed by atoms with E-state index >= 15 is 0 Å². The van der Waals surface area contributed by atoms with Crippen LogP contribution in [0.1, 0.15) is 47.3 Å². The number of rotatable bonds is 5. The number of aryl methyl sites for hydroxylation is 1. The summed E-state index contributed by atoms with van der Waals surface area (Å²) in [6, 6.07) is 12.6. The number of hydrogen-bond donors (Lipinski definition) is 2. The van der Waals surface area contributed by atoms with Crippen molar-refractivity contribution in [1.82, 2.24) is 19.4 Å². The molecule has 1 amide bonds. The van der Waals surface area contributed by atoms with Gasteiger partial charge in [0.25, 0.3) is 5.91 Å². The molecular formula is C26H27FN4O2. The summed E-state index contributed by atoms with van der Waals surface area (Å²) in [5, 5.41) is 13.5. The summed E-state index contributed by atoms with van der Waals surface area (Å²) in [6.07, 6.45) is 8.23. The molecule has 0 saturated heterocycles. The molecular weight excluding hydrogens is 419 g/mol. The normalized spacial score (nSPS) is 18.5. The molecule has 2 aromatic carbocycles. The van der Waals surface area contributed by atoms with E-state index in [-0.39, 0.29) is 11.9 Å². The molecule has 1 aliphatic rings. The second kappa shape index (κ2) is 8.83. The second-order valence-corrected chi connectivity index (χ2v) is 8.83. The lowest BCUT2D eigenvalue weighted by molar-refractivity contribution is 0.0718. The Labute approximate surface area is 191 Å². The van der Waals surface area contributed by atoms with Gasteiger partial charge in [-0.1, -0.05) is 31.0 Å². The molecule has 2 N–H and O–H groups in total. The van der Waals surface area contributed by atoms with Gasteiger partial charge >= 0.3 is 0 Å². The summed E-state index contributed by atoms with van der Waals surface area (Å²) < 4.78 is 18.7. The molecule has 0 spiro atoms. The number of benzene rings is 2. The standard InChI is InChI=1S/C26H27FN4O2/c1-17-13-31(16-28-17)19-11-9-18(10-12-19)14-30-15-20(25-21(27)5-4-7-23(25)30)26(33)29-22-6-2-3-8-24(22)32/h4-5,7,9-13,15-16,22,24,32H,2-3,6,8,14H2,1H3,(H,29,33)/t22-,24-/m0/s1. The van der Waals surface area contributed by atoms with Crippen molar-refractivity contribution in [2.75, 3.05) is 0 Å². The van der Waals surface area contributed by atoms with E-state index in [2.05, 4.69) is 10.3 Å². The summed E-state index contributed by atoms with van der Waals surface area (Å²) >= 11 is 0. The number of aromatic nitrogens is 3. The third-order valence-corrected chi connectivity index (χ3v) is 6.45. The average Bonchev–Trinajstić information content (AvgIpc) is 3.41. The lowest BCUT2D eigenvalue weighted by Gasteiger charge is -2.28.